The number of nitrogens with zero attached hydrogens (tertiary/aromatic N) is 5. The number of amides is 1. The Hall–Kier alpha value is -2.28. The van der Waals surface area contributed by atoms with Crippen molar-refractivity contribution in [2.24, 2.45) is 0 Å². The lowest BCUT2D eigenvalue weighted by Gasteiger charge is -2.16. The first kappa shape index (κ1) is 13.4. The van der Waals surface area contributed by atoms with E-state index in [9.17, 15) is 4.79 Å². The van der Waals surface area contributed by atoms with Crippen LogP contribution in [0.5, 0.6) is 0 Å². The SMILES string of the molecule is Cc1ncncc1C(=O)N1CCC(c2ncn3ccsc23)C1. The lowest BCUT2D eigenvalue weighted by atomic mass is 10.1. The molecule has 4 rings (SSSR count). The number of imidazole rings is 1. The Kier molecular flexibility index (Phi) is 3.15. The summed E-state index contributed by atoms with van der Waals surface area (Å²) in [6, 6.07) is 0. The van der Waals surface area contributed by atoms with Crippen LogP contribution in [0.3, 0.4) is 0 Å². The zero-order chi connectivity index (χ0) is 15.1. The minimum atomic E-state index is 0.0160. The summed E-state index contributed by atoms with van der Waals surface area (Å²) in [6.45, 7) is 3.30. The Morgan fingerprint density at radius 1 is 1.41 bits per heavy atom. The molecule has 0 N–H and O–H groups in total. The Morgan fingerprint density at radius 2 is 2.32 bits per heavy atom. The minimum Gasteiger partial charge on any atom is -0.338 e. The lowest BCUT2D eigenvalue weighted by Crippen LogP contribution is -2.29. The van der Waals surface area contributed by atoms with Gasteiger partial charge in [0.25, 0.3) is 5.91 Å². The molecule has 1 amide bonds. The Morgan fingerprint density at radius 3 is 3.18 bits per heavy atom. The van der Waals surface area contributed by atoms with Crippen molar-refractivity contribution >= 4 is 22.1 Å². The van der Waals surface area contributed by atoms with Gasteiger partial charge < -0.3 is 4.90 Å². The molecule has 0 aromatic carbocycles. The van der Waals surface area contributed by atoms with E-state index in [0.29, 0.717) is 18.0 Å². The maximum absolute atomic E-state index is 12.6. The maximum Gasteiger partial charge on any atom is 0.257 e. The average Bonchev–Trinajstić information content (AvgIpc) is 3.23. The van der Waals surface area contributed by atoms with Gasteiger partial charge in [-0.05, 0) is 13.3 Å². The lowest BCUT2D eigenvalue weighted by molar-refractivity contribution is 0.0789. The molecule has 1 aliphatic heterocycles. The van der Waals surface area contributed by atoms with Crippen molar-refractivity contribution in [3.05, 3.63) is 47.4 Å². The summed E-state index contributed by atoms with van der Waals surface area (Å²) >= 11 is 1.69. The molecule has 1 unspecified atom stereocenters. The van der Waals surface area contributed by atoms with E-state index in [4.69, 9.17) is 0 Å². The summed E-state index contributed by atoms with van der Waals surface area (Å²) in [5.74, 6) is 0.319. The number of aromatic nitrogens is 4. The van der Waals surface area contributed by atoms with E-state index >= 15 is 0 Å². The highest BCUT2D eigenvalue weighted by Crippen LogP contribution is 2.31. The third-order valence-corrected chi connectivity index (χ3v) is 5.08. The van der Waals surface area contributed by atoms with Gasteiger partial charge in [-0.2, -0.15) is 0 Å². The second kappa shape index (κ2) is 5.17. The van der Waals surface area contributed by atoms with Gasteiger partial charge >= 0.3 is 0 Å². The number of carbonyl (C=O) groups excluding carboxylic acids is 1. The molecule has 0 radical (unpaired) electrons. The normalized spacial score (nSPS) is 18.2. The van der Waals surface area contributed by atoms with E-state index < -0.39 is 0 Å². The van der Waals surface area contributed by atoms with E-state index in [1.165, 1.54) is 11.2 Å². The summed E-state index contributed by atoms with van der Waals surface area (Å²) in [7, 11) is 0. The van der Waals surface area contributed by atoms with Gasteiger partial charge in [0.15, 0.2) is 0 Å². The molecule has 3 aromatic heterocycles. The van der Waals surface area contributed by atoms with Crippen LogP contribution >= 0.6 is 11.3 Å². The van der Waals surface area contributed by atoms with Gasteiger partial charge in [0, 0.05) is 36.8 Å². The fourth-order valence-electron chi connectivity index (χ4n) is 2.97. The third-order valence-electron chi connectivity index (χ3n) is 4.18. The van der Waals surface area contributed by atoms with Gasteiger partial charge in [-0.15, -0.1) is 11.3 Å². The van der Waals surface area contributed by atoms with E-state index in [-0.39, 0.29) is 5.91 Å². The molecule has 0 aliphatic carbocycles. The largest absolute Gasteiger partial charge is 0.338 e. The molecule has 0 bridgehead atoms. The number of thiazole rings is 1. The minimum absolute atomic E-state index is 0.0160. The Labute approximate surface area is 131 Å². The fraction of sp³-hybridized carbons (Fsp3) is 0.333. The maximum atomic E-state index is 12.6. The smallest absolute Gasteiger partial charge is 0.257 e. The van der Waals surface area contributed by atoms with Crippen molar-refractivity contribution in [1.29, 1.82) is 0 Å². The molecule has 7 heteroatoms. The number of rotatable bonds is 2. The van der Waals surface area contributed by atoms with Gasteiger partial charge in [0.05, 0.1) is 17.0 Å². The highest BCUT2D eigenvalue weighted by molar-refractivity contribution is 7.15. The van der Waals surface area contributed by atoms with Crippen LogP contribution in [-0.2, 0) is 0 Å². The zero-order valence-electron chi connectivity index (χ0n) is 12.1. The first-order valence-electron chi connectivity index (χ1n) is 7.20. The molecule has 0 saturated carbocycles. The molecule has 6 nitrogen and oxygen atoms in total. The Bertz CT molecular complexity index is 839. The molecular weight excluding hydrogens is 298 g/mol. The van der Waals surface area contributed by atoms with Crippen LogP contribution in [0, 0.1) is 6.92 Å². The van der Waals surface area contributed by atoms with Gasteiger partial charge in [-0.3, -0.25) is 9.20 Å². The predicted molar refractivity (Wildman–Crippen MR) is 83.1 cm³/mol. The van der Waals surface area contributed by atoms with E-state index in [1.54, 1.807) is 17.5 Å². The first-order valence-corrected chi connectivity index (χ1v) is 8.08. The molecule has 1 saturated heterocycles. The fourth-order valence-corrected chi connectivity index (χ4v) is 3.86. The molecule has 1 atom stereocenters. The van der Waals surface area contributed by atoms with Gasteiger partial charge in [0.2, 0.25) is 0 Å². The summed E-state index contributed by atoms with van der Waals surface area (Å²) in [6.07, 6.45) is 7.88. The van der Waals surface area contributed by atoms with Crippen molar-refractivity contribution in [2.45, 2.75) is 19.3 Å². The van der Waals surface area contributed by atoms with Crippen LogP contribution in [0.15, 0.2) is 30.4 Å². The number of aryl methyl sites for hydroxylation is 1. The first-order chi connectivity index (χ1) is 10.7. The highest BCUT2D eigenvalue weighted by atomic mass is 32.1. The average molecular weight is 313 g/mol. The van der Waals surface area contributed by atoms with E-state index in [1.807, 2.05) is 28.7 Å². The zero-order valence-corrected chi connectivity index (χ0v) is 13.0. The van der Waals surface area contributed by atoms with Crippen LogP contribution in [0.25, 0.3) is 4.83 Å². The van der Waals surface area contributed by atoms with Crippen LogP contribution < -0.4 is 0 Å². The second-order valence-electron chi connectivity index (χ2n) is 5.50. The number of hydrogen-bond donors (Lipinski definition) is 0. The highest BCUT2D eigenvalue weighted by Gasteiger charge is 2.31. The number of likely N-dealkylation sites (tertiary alicyclic amines) is 1. The monoisotopic (exact) mass is 313 g/mol. The molecule has 4 heterocycles. The second-order valence-corrected chi connectivity index (χ2v) is 6.40. The van der Waals surface area contributed by atoms with Gasteiger partial charge in [-0.1, -0.05) is 0 Å². The number of carbonyl (C=O) groups is 1. The molecule has 22 heavy (non-hydrogen) atoms. The van der Waals surface area contributed by atoms with Crippen molar-refractivity contribution in [1.82, 2.24) is 24.3 Å². The van der Waals surface area contributed by atoms with E-state index in [0.717, 1.165) is 24.4 Å². The molecular formula is C15H15N5OS. The van der Waals surface area contributed by atoms with Crippen LogP contribution in [0.1, 0.15) is 34.1 Å². The van der Waals surface area contributed by atoms with Gasteiger partial charge in [-0.25, -0.2) is 15.0 Å². The summed E-state index contributed by atoms with van der Waals surface area (Å²) < 4.78 is 2.04. The molecule has 1 fully saturated rings. The standard InChI is InChI=1S/C15H15N5OS/c1-10-12(6-16-8-17-10)14(21)19-3-2-11(7-19)13-15-20(9-18-13)4-5-22-15/h4-6,8-9,11H,2-3,7H2,1H3. The van der Waals surface area contributed by atoms with Crippen LogP contribution in [0.4, 0.5) is 0 Å². The third kappa shape index (κ3) is 2.09. The van der Waals surface area contributed by atoms with Gasteiger partial charge in [0.1, 0.15) is 17.5 Å². The number of hydrogen-bond acceptors (Lipinski definition) is 5. The number of fused-ring (bicyclic) bond motifs is 1. The van der Waals surface area contributed by atoms with Crippen molar-refractivity contribution in [3.8, 4) is 0 Å². The van der Waals surface area contributed by atoms with Crippen molar-refractivity contribution < 1.29 is 4.79 Å². The van der Waals surface area contributed by atoms with Crippen LogP contribution in [0.2, 0.25) is 0 Å². The summed E-state index contributed by atoms with van der Waals surface area (Å²) in [5, 5.41) is 2.06. The Balaban J connectivity index is 1.57. The van der Waals surface area contributed by atoms with Crippen molar-refractivity contribution in [2.75, 3.05) is 13.1 Å². The summed E-state index contributed by atoms with van der Waals surface area (Å²) in [5.41, 5.74) is 2.42. The van der Waals surface area contributed by atoms with Crippen molar-refractivity contribution in [3.63, 3.8) is 0 Å². The predicted octanol–water partition coefficient (Wildman–Crippen LogP) is 2.12. The van der Waals surface area contributed by atoms with Crippen LogP contribution in [-0.4, -0.2) is 43.2 Å². The molecule has 0 spiro atoms. The molecule has 1 aliphatic rings. The molecule has 112 valence electrons. The topological polar surface area (TPSA) is 63.4 Å². The molecule has 3 aromatic rings. The van der Waals surface area contributed by atoms with E-state index in [2.05, 4.69) is 20.3 Å². The quantitative estimate of drug-likeness (QED) is 0.727. The summed E-state index contributed by atoms with van der Waals surface area (Å²) in [4.78, 5) is 28.3.